The molecule has 0 bridgehead atoms. The predicted molar refractivity (Wildman–Crippen MR) is 81.8 cm³/mol. The average Bonchev–Trinajstić information content (AvgIpc) is 2.41. The van der Waals surface area contributed by atoms with E-state index in [9.17, 15) is 8.42 Å². The molecule has 0 saturated heterocycles. The number of sulfonamides is 1. The van der Waals surface area contributed by atoms with Gasteiger partial charge in [-0.25, -0.2) is 13.4 Å². The third kappa shape index (κ3) is 3.56. The summed E-state index contributed by atoms with van der Waals surface area (Å²) in [6, 6.07) is 9.62. The van der Waals surface area contributed by atoms with Crippen LogP contribution in [0.25, 0.3) is 0 Å². The molecule has 5 nitrogen and oxygen atoms in total. The molecular formula is C13H14BrN3O2S. The lowest BCUT2D eigenvalue weighted by Crippen LogP contribution is -2.14. The topological polar surface area (TPSA) is 85.1 Å². The summed E-state index contributed by atoms with van der Waals surface area (Å²) in [6.07, 6.45) is 1.52. The summed E-state index contributed by atoms with van der Waals surface area (Å²) in [4.78, 5) is 4.15. The molecule has 0 spiro atoms. The van der Waals surface area contributed by atoms with Crippen LogP contribution < -0.4 is 10.5 Å². The first-order valence-electron chi connectivity index (χ1n) is 5.88. The number of halogens is 1. The van der Waals surface area contributed by atoms with E-state index < -0.39 is 10.0 Å². The first-order valence-corrected chi connectivity index (χ1v) is 8.16. The molecule has 0 radical (unpaired) electrons. The second-order valence-corrected chi connectivity index (χ2v) is 6.92. The first kappa shape index (κ1) is 15.0. The molecule has 2 rings (SSSR count). The van der Waals surface area contributed by atoms with E-state index in [1.165, 1.54) is 18.3 Å². The molecule has 7 heteroatoms. The molecule has 2 aromatic rings. The van der Waals surface area contributed by atoms with Crippen LogP contribution in [0, 0.1) is 0 Å². The third-order valence-electron chi connectivity index (χ3n) is 2.68. The number of nitrogens with zero attached hydrogens (tertiary/aromatic N) is 1. The zero-order chi connectivity index (χ0) is 14.8. The maximum Gasteiger partial charge on any atom is 0.263 e. The molecule has 20 heavy (non-hydrogen) atoms. The van der Waals surface area contributed by atoms with Gasteiger partial charge in [0.25, 0.3) is 10.0 Å². The minimum atomic E-state index is -3.64. The SMILES string of the molecule is CC(N)c1ccc(S(=O)(=O)Nc2ccc(Br)cn2)cc1. The number of hydrogen-bond acceptors (Lipinski definition) is 4. The van der Waals surface area contributed by atoms with E-state index in [0.717, 1.165) is 10.0 Å². The minimum absolute atomic E-state index is 0.132. The van der Waals surface area contributed by atoms with Crippen LogP contribution in [0.2, 0.25) is 0 Å². The van der Waals surface area contributed by atoms with Gasteiger partial charge in [-0.1, -0.05) is 12.1 Å². The Morgan fingerprint density at radius 3 is 2.35 bits per heavy atom. The molecular weight excluding hydrogens is 342 g/mol. The van der Waals surface area contributed by atoms with Gasteiger partial charge in [-0.2, -0.15) is 0 Å². The van der Waals surface area contributed by atoms with Gasteiger partial charge in [0.15, 0.2) is 0 Å². The normalized spacial score (nSPS) is 12.9. The van der Waals surface area contributed by atoms with Crippen molar-refractivity contribution in [2.45, 2.75) is 17.9 Å². The quantitative estimate of drug-likeness (QED) is 0.882. The van der Waals surface area contributed by atoms with E-state index >= 15 is 0 Å². The summed E-state index contributed by atoms with van der Waals surface area (Å²) in [5.41, 5.74) is 6.61. The Kier molecular flexibility index (Phi) is 4.42. The summed E-state index contributed by atoms with van der Waals surface area (Å²) in [7, 11) is -3.64. The van der Waals surface area contributed by atoms with Crippen molar-refractivity contribution >= 4 is 31.8 Å². The first-order chi connectivity index (χ1) is 9.38. The summed E-state index contributed by atoms with van der Waals surface area (Å²) >= 11 is 3.24. The summed E-state index contributed by atoms with van der Waals surface area (Å²) in [5.74, 6) is 0.268. The number of nitrogens with two attached hydrogens (primary N) is 1. The van der Waals surface area contributed by atoms with Gasteiger partial charge in [-0.3, -0.25) is 4.72 Å². The number of hydrogen-bond donors (Lipinski definition) is 2. The average molecular weight is 356 g/mol. The monoisotopic (exact) mass is 355 g/mol. The van der Waals surface area contributed by atoms with Gasteiger partial charge in [0.05, 0.1) is 4.90 Å². The highest BCUT2D eigenvalue weighted by Gasteiger charge is 2.15. The Balaban J connectivity index is 2.23. The van der Waals surface area contributed by atoms with Crippen molar-refractivity contribution in [1.82, 2.24) is 4.98 Å². The summed E-state index contributed by atoms with van der Waals surface area (Å²) < 4.78 is 27.5. The Morgan fingerprint density at radius 1 is 1.20 bits per heavy atom. The molecule has 1 aromatic heterocycles. The van der Waals surface area contributed by atoms with Crippen molar-refractivity contribution in [3.63, 3.8) is 0 Å². The molecule has 0 fully saturated rings. The number of benzene rings is 1. The van der Waals surface area contributed by atoms with E-state index in [0.29, 0.717) is 0 Å². The fraction of sp³-hybridized carbons (Fsp3) is 0.154. The summed E-state index contributed by atoms with van der Waals surface area (Å²) in [5, 5.41) is 0. The Bertz CT molecular complexity index is 683. The van der Waals surface area contributed by atoms with Crippen LogP contribution in [0.3, 0.4) is 0 Å². The summed E-state index contributed by atoms with van der Waals surface area (Å²) in [6.45, 7) is 1.84. The van der Waals surface area contributed by atoms with Gasteiger partial charge in [0.1, 0.15) is 5.82 Å². The minimum Gasteiger partial charge on any atom is -0.324 e. The second kappa shape index (κ2) is 5.90. The highest BCUT2D eigenvalue weighted by molar-refractivity contribution is 9.10. The molecule has 0 saturated carbocycles. The van der Waals surface area contributed by atoms with Gasteiger partial charge in [-0.15, -0.1) is 0 Å². The number of aromatic nitrogens is 1. The van der Waals surface area contributed by atoms with E-state index in [1.54, 1.807) is 24.3 Å². The van der Waals surface area contributed by atoms with Gasteiger partial charge < -0.3 is 5.73 Å². The van der Waals surface area contributed by atoms with Crippen molar-refractivity contribution in [2.24, 2.45) is 5.73 Å². The van der Waals surface area contributed by atoms with Gasteiger partial charge >= 0.3 is 0 Å². The maximum atomic E-state index is 12.2. The lowest BCUT2D eigenvalue weighted by Gasteiger charge is -2.09. The number of rotatable bonds is 4. The zero-order valence-electron chi connectivity index (χ0n) is 10.7. The molecule has 106 valence electrons. The highest BCUT2D eigenvalue weighted by Crippen LogP contribution is 2.18. The van der Waals surface area contributed by atoms with Crippen LogP contribution in [0.4, 0.5) is 5.82 Å². The van der Waals surface area contributed by atoms with Crippen molar-refractivity contribution in [1.29, 1.82) is 0 Å². The molecule has 0 aliphatic heterocycles. The molecule has 0 amide bonds. The maximum absolute atomic E-state index is 12.2. The molecule has 0 aliphatic carbocycles. The predicted octanol–water partition coefficient (Wildman–Crippen LogP) is 2.66. The van der Waals surface area contributed by atoms with Crippen molar-refractivity contribution in [2.75, 3.05) is 4.72 Å². The number of anilines is 1. The van der Waals surface area contributed by atoms with Crippen LogP contribution in [-0.2, 0) is 10.0 Å². The molecule has 3 N–H and O–H groups in total. The van der Waals surface area contributed by atoms with Crippen LogP contribution >= 0.6 is 15.9 Å². The second-order valence-electron chi connectivity index (χ2n) is 4.32. The largest absolute Gasteiger partial charge is 0.324 e. The van der Waals surface area contributed by atoms with E-state index in [2.05, 4.69) is 25.6 Å². The van der Waals surface area contributed by atoms with Gasteiger partial charge in [-0.05, 0) is 52.7 Å². The van der Waals surface area contributed by atoms with Crippen LogP contribution in [-0.4, -0.2) is 13.4 Å². The smallest absolute Gasteiger partial charge is 0.263 e. The molecule has 1 heterocycles. The van der Waals surface area contributed by atoms with E-state index in [1.807, 2.05) is 6.92 Å². The number of pyridine rings is 1. The number of nitrogens with one attached hydrogen (secondary N) is 1. The molecule has 1 aromatic carbocycles. The Morgan fingerprint density at radius 2 is 1.85 bits per heavy atom. The molecule has 1 atom stereocenters. The third-order valence-corrected chi connectivity index (χ3v) is 4.52. The van der Waals surface area contributed by atoms with Gasteiger partial charge in [0, 0.05) is 16.7 Å². The van der Waals surface area contributed by atoms with E-state index in [-0.39, 0.29) is 16.8 Å². The van der Waals surface area contributed by atoms with Crippen molar-refractivity contribution < 1.29 is 8.42 Å². The fourth-order valence-corrected chi connectivity index (χ4v) is 2.83. The van der Waals surface area contributed by atoms with Crippen LogP contribution in [0.1, 0.15) is 18.5 Å². The Hall–Kier alpha value is -1.44. The van der Waals surface area contributed by atoms with Crippen LogP contribution in [0.5, 0.6) is 0 Å². The van der Waals surface area contributed by atoms with Crippen LogP contribution in [0.15, 0.2) is 52.0 Å². The zero-order valence-corrected chi connectivity index (χ0v) is 13.1. The molecule has 0 aliphatic rings. The lowest BCUT2D eigenvalue weighted by molar-refractivity contribution is 0.601. The highest BCUT2D eigenvalue weighted by atomic mass is 79.9. The fourth-order valence-electron chi connectivity index (χ4n) is 1.58. The molecule has 1 unspecified atom stereocenters. The van der Waals surface area contributed by atoms with E-state index in [4.69, 9.17) is 5.73 Å². The Labute approximate surface area is 126 Å². The van der Waals surface area contributed by atoms with Gasteiger partial charge in [0.2, 0.25) is 0 Å². The standard InChI is InChI=1S/C13H14BrN3O2S/c1-9(15)10-2-5-12(6-3-10)20(18,19)17-13-7-4-11(14)8-16-13/h2-9H,15H2,1H3,(H,16,17). The lowest BCUT2D eigenvalue weighted by atomic mass is 10.1. The van der Waals surface area contributed by atoms with Crippen molar-refractivity contribution in [3.8, 4) is 0 Å². The van der Waals surface area contributed by atoms with Crippen molar-refractivity contribution in [3.05, 3.63) is 52.6 Å².